The summed E-state index contributed by atoms with van der Waals surface area (Å²) >= 11 is 0. The Morgan fingerprint density at radius 2 is 2.47 bits per heavy atom. The maximum Gasteiger partial charge on any atom is 0.149 e. The number of imidazole rings is 1. The van der Waals surface area contributed by atoms with Crippen LogP contribution in [0.2, 0.25) is 0 Å². The van der Waals surface area contributed by atoms with Gasteiger partial charge in [-0.15, -0.1) is 10.2 Å². The predicted octanol–water partition coefficient (Wildman–Crippen LogP) is 0.798. The zero-order valence-corrected chi connectivity index (χ0v) is 9.85. The number of hydrogen-bond acceptors (Lipinski definition) is 4. The van der Waals surface area contributed by atoms with E-state index in [2.05, 4.69) is 37.0 Å². The third-order valence-electron chi connectivity index (χ3n) is 3.18. The van der Waals surface area contributed by atoms with Crippen molar-refractivity contribution >= 4 is 0 Å². The molecule has 1 unspecified atom stereocenters. The number of hydrogen-bond donors (Lipinski definition) is 2. The molecule has 6 heteroatoms. The molecule has 0 saturated carbocycles. The van der Waals surface area contributed by atoms with E-state index in [1.54, 1.807) is 6.33 Å². The van der Waals surface area contributed by atoms with Crippen molar-refractivity contribution in [3.8, 4) is 0 Å². The van der Waals surface area contributed by atoms with Gasteiger partial charge in [0, 0.05) is 31.4 Å². The molecule has 2 aromatic heterocycles. The lowest BCUT2D eigenvalue weighted by molar-refractivity contribution is 0.512. The lowest BCUT2D eigenvalue weighted by Crippen LogP contribution is -2.21. The van der Waals surface area contributed by atoms with Crippen molar-refractivity contribution < 1.29 is 0 Å². The highest BCUT2D eigenvalue weighted by Crippen LogP contribution is 2.18. The summed E-state index contributed by atoms with van der Waals surface area (Å²) in [4.78, 5) is 7.07. The van der Waals surface area contributed by atoms with Crippen molar-refractivity contribution in [2.24, 2.45) is 0 Å². The van der Waals surface area contributed by atoms with Crippen LogP contribution in [0.15, 0.2) is 12.5 Å². The number of nitrogens with zero attached hydrogens (tertiary/aromatic N) is 4. The second kappa shape index (κ2) is 4.29. The van der Waals surface area contributed by atoms with Crippen molar-refractivity contribution in [3.63, 3.8) is 0 Å². The van der Waals surface area contributed by atoms with Crippen LogP contribution in [0.3, 0.4) is 0 Å². The Bertz CT molecular complexity index is 486. The topological polar surface area (TPSA) is 71.4 Å². The first-order valence-electron chi connectivity index (χ1n) is 5.97. The van der Waals surface area contributed by atoms with Crippen LogP contribution in [0.1, 0.15) is 36.7 Å². The Morgan fingerprint density at radius 3 is 3.29 bits per heavy atom. The van der Waals surface area contributed by atoms with Gasteiger partial charge in [-0.05, 0) is 13.3 Å². The molecular formula is C11H16N6. The van der Waals surface area contributed by atoms with Crippen LogP contribution >= 0.6 is 0 Å². The molecule has 17 heavy (non-hydrogen) atoms. The van der Waals surface area contributed by atoms with E-state index in [-0.39, 0.29) is 6.04 Å². The molecule has 0 fully saturated rings. The molecule has 3 heterocycles. The maximum atomic E-state index is 4.26. The van der Waals surface area contributed by atoms with Gasteiger partial charge in [0.25, 0.3) is 0 Å². The molecule has 0 saturated heterocycles. The quantitative estimate of drug-likeness (QED) is 0.818. The lowest BCUT2D eigenvalue weighted by Gasteiger charge is -2.12. The Hall–Kier alpha value is -1.69. The van der Waals surface area contributed by atoms with Crippen LogP contribution in [-0.4, -0.2) is 24.7 Å². The largest absolute Gasteiger partial charge is 0.347 e. The average molecular weight is 232 g/mol. The van der Waals surface area contributed by atoms with E-state index in [4.69, 9.17) is 0 Å². The Kier molecular flexibility index (Phi) is 2.64. The summed E-state index contributed by atoms with van der Waals surface area (Å²) in [5.74, 6) is 2.16. The second-order valence-corrected chi connectivity index (χ2v) is 4.41. The molecule has 90 valence electrons. The van der Waals surface area contributed by atoms with Crippen molar-refractivity contribution in [1.29, 1.82) is 0 Å². The molecule has 0 amide bonds. The first-order chi connectivity index (χ1) is 8.34. The SMILES string of the molecule is CC(NCc1cnc[nH]1)c1nnc2n1CCC2. The highest BCUT2D eigenvalue weighted by atomic mass is 15.3. The van der Waals surface area contributed by atoms with Gasteiger partial charge in [0.05, 0.1) is 12.4 Å². The summed E-state index contributed by atoms with van der Waals surface area (Å²) < 4.78 is 2.23. The minimum atomic E-state index is 0.206. The van der Waals surface area contributed by atoms with Crippen LogP contribution in [0.4, 0.5) is 0 Å². The molecular weight excluding hydrogens is 216 g/mol. The average Bonchev–Trinajstić information content (AvgIpc) is 3.02. The van der Waals surface area contributed by atoms with Crippen LogP contribution < -0.4 is 5.32 Å². The minimum Gasteiger partial charge on any atom is -0.347 e. The first kappa shape index (κ1) is 10.5. The van der Waals surface area contributed by atoms with Gasteiger partial charge in [-0.25, -0.2) is 4.98 Å². The fourth-order valence-corrected chi connectivity index (χ4v) is 2.23. The molecule has 0 bridgehead atoms. The Balaban J connectivity index is 1.67. The monoisotopic (exact) mass is 232 g/mol. The molecule has 0 spiro atoms. The van der Waals surface area contributed by atoms with E-state index in [1.807, 2.05) is 6.20 Å². The van der Waals surface area contributed by atoms with Gasteiger partial charge in [0.15, 0.2) is 0 Å². The molecule has 1 aliphatic heterocycles. The fraction of sp³-hybridized carbons (Fsp3) is 0.545. The number of aryl methyl sites for hydroxylation is 1. The maximum absolute atomic E-state index is 4.26. The fourth-order valence-electron chi connectivity index (χ4n) is 2.23. The van der Waals surface area contributed by atoms with E-state index in [1.165, 1.54) is 6.42 Å². The predicted molar refractivity (Wildman–Crippen MR) is 62.2 cm³/mol. The smallest absolute Gasteiger partial charge is 0.149 e. The normalized spacial score (nSPS) is 16.1. The molecule has 2 aromatic rings. The van der Waals surface area contributed by atoms with Gasteiger partial charge in [0.2, 0.25) is 0 Å². The number of fused-ring (bicyclic) bond motifs is 1. The van der Waals surface area contributed by atoms with Crippen LogP contribution in [-0.2, 0) is 19.5 Å². The molecule has 0 radical (unpaired) electrons. The molecule has 2 N–H and O–H groups in total. The standard InChI is InChI=1S/C11H16N6/c1-8(13-6-9-5-12-7-14-9)11-16-15-10-3-2-4-17(10)11/h5,7-8,13H,2-4,6H2,1H3,(H,12,14). The molecule has 0 aromatic carbocycles. The van der Waals surface area contributed by atoms with Gasteiger partial charge in [0.1, 0.15) is 11.6 Å². The van der Waals surface area contributed by atoms with Crippen LogP contribution in [0.25, 0.3) is 0 Å². The van der Waals surface area contributed by atoms with E-state index in [0.29, 0.717) is 0 Å². The summed E-state index contributed by atoms with van der Waals surface area (Å²) in [7, 11) is 0. The molecule has 0 aliphatic carbocycles. The molecule has 1 atom stereocenters. The number of H-pyrrole nitrogens is 1. The summed E-state index contributed by atoms with van der Waals surface area (Å²) in [5, 5.41) is 11.9. The third kappa shape index (κ3) is 1.95. The van der Waals surface area contributed by atoms with E-state index in [9.17, 15) is 0 Å². The van der Waals surface area contributed by atoms with Crippen LogP contribution in [0, 0.1) is 0 Å². The van der Waals surface area contributed by atoms with E-state index < -0.39 is 0 Å². The molecule has 6 nitrogen and oxygen atoms in total. The summed E-state index contributed by atoms with van der Waals surface area (Å²) in [6, 6.07) is 0.206. The number of aromatic amines is 1. The van der Waals surface area contributed by atoms with E-state index >= 15 is 0 Å². The van der Waals surface area contributed by atoms with Gasteiger partial charge >= 0.3 is 0 Å². The lowest BCUT2D eigenvalue weighted by atomic mass is 10.3. The Morgan fingerprint density at radius 1 is 1.53 bits per heavy atom. The van der Waals surface area contributed by atoms with Gasteiger partial charge < -0.3 is 14.9 Å². The summed E-state index contributed by atoms with van der Waals surface area (Å²) in [6.45, 7) is 3.93. The Labute approximate surface area is 99.5 Å². The molecule has 1 aliphatic rings. The molecule has 3 rings (SSSR count). The van der Waals surface area contributed by atoms with Crippen LogP contribution in [0.5, 0.6) is 0 Å². The highest BCUT2D eigenvalue weighted by molar-refractivity contribution is 5.04. The third-order valence-corrected chi connectivity index (χ3v) is 3.18. The minimum absolute atomic E-state index is 0.206. The van der Waals surface area contributed by atoms with Gasteiger partial charge in [-0.1, -0.05) is 0 Å². The zero-order chi connectivity index (χ0) is 11.7. The van der Waals surface area contributed by atoms with Gasteiger partial charge in [-0.2, -0.15) is 0 Å². The number of rotatable bonds is 4. The summed E-state index contributed by atoms with van der Waals surface area (Å²) in [6.07, 6.45) is 5.76. The van der Waals surface area contributed by atoms with Crippen molar-refractivity contribution in [2.45, 2.75) is 38.9 Å². The summed E-state index contributed by atoms with van der Waals surface area (Å²) in [5.41, 5.74) is 1.08. The number of aromatic nitrogens is 5. The van der Waals surface area contributed by atoms with Crippen molar-refractivity contribution in [3.05, 3.63) is 29.9 Å². The highest BCUT2D eigenvalue weighted by Gasteiger charge is 2.20. The van der Waals surface area contributed by atoms with Crippen molar-refractivity contribution in [1.82, 2.24) is 30.0 Å². The number of nitrogens with one attached hydrogen (secondary N) is 2. The van der Waals surface area contributed by atoms with E-state index in [0.717, 1.165) is 36.9 Å². The zero-order valence-electron chi connectivity index (χ0n) is 9.85. The van der Waals surface area contributed by atoms with Crippen molar-refractivity contribution in [2.75, 3.05) is 0 Å². The van der Waals surface area contributed by atoms with Gasteiger partial charge in [-0.3, -0.25) is 0 Å². The first-order valence-corrected chi connectivity index (χ1v) is 5.97. The second-order valence-electron chi connectivity index (χ2n) is 4.41.